The molecule has 0 spiro atoms. The summed E-state index contributed by atoms with van der Waals surface area (Å²) in [5, 5.41) is 3.85. The minimum atomic E-state index is -0.570. The molecule has 1 aromatic carbocycles. The Labute approximate surface area is 123 Å². The van der Waals surface area contributed by atoms with Gasteiger partial charge in [0.15, 0.2) is 6.10 Å². The van der Waals surface area contributed by atoms with Crippen LogP contribution in [0.5, 0.6) is 5.75 Å². The minimum Gasteiger partial charge on any atom is -0.481 e. The minimum absolute atomic E-state index is 0.0821. The summed E-state index contributed by atoms with van der Waals surface area (Å²) in [4.78, 5) is 13.6. The van der Waals surface area contributed by atoms with Crippen molar-refractivity contribution < 1.29 is 9.53 Å². The molecule has 1 N–H and O–H groups in total. The summed E-state index contributed by atoms with van der Waals surface area (Å²) in [6.45, 7) is 3.08. The molecular weight excluding hydrogens is 287 g/mol. The number of halogens is 2. The highest BCUT2D eigenvalue weighted by Gasteiger charge is 2.19. The molecule has 1 unspecified atom stereocenters. The maximum Gasteiger partial charge on any atom is 0.263 e. The van der Waals surface area contributed by atoms with Crippen LogP contribution in [0.2, 0.25) is 10.0 Å². The lowest BCUT2D eigenvalue weighted by Crippen LogP contribution is -2.40. The van der Waals surface area contributed by atoms with E-state index in [1.54, 1.807) is 37.1 Å². The second-order valence-corrected chi connectivity index (χ2v) is 5.01. The number of ether oxygens (including phenoxy) is 1. The predicted octanol–water partition coefficient (Wildman–Crippen LogP) is 2.44. The number of amides is 1. The number of hydrogen-bond acceptors (Lipinski definition) is 3. The van der Waals surface area contributed by atoms with E-state index >= 15 is 0 Å². The van der Waals surface area contributed by atoms with Crippen LogP contribution in [0, 0.1) is 0 Å². The fraction of sp³-hybridized carbons (Fsp3) is 0.462. The Morgan fingerprint density at radius 3 is 2.68 bits per heavy atom. The fourth-order valence-corrected chi connectivity index (χ4v) is 1.79. The first-order valence-corrected chi connectivity index (χ1v) is 6.72. The van der Waals surface area contributed by atoms with Crippen LogP contribution in [-0.2, 0) is 4.79 Å². The van der Waals surface area contributed by atoms with Crippen LogP contribution in [-0.4, -0.2) is 44.1 Å². The standard InChI is InChI=1S/C13H18Cl2N2O2/c1-9(13(18)17(3)7-6-16-2)19-10-4-5-11(14)12(15)8-10/h4-5,8-9,16H,6-7H2,1-3H3. The second kappa shape index (κ2) is 7.58. The Bertz CT molecular complexity index is 441. The van der Waals surface area contributed by atoms with Crippen LogP contribution in [0.4, 0.5) is 0 Å². The summed E-state index contributed by atoms with van der Waals surface area (Å²) in [6.07, 6.45) is -0.570. The van der Waals surface area contributed by atoms with E-state index in [9.17, 15) is 4.79 Å². The summed E-state index contributed by atoms with van der Waals surface area (Å²) in [7, 11) is 3.59. The first kappa shape index (κ1) is 16.1. The van der Waals surface area contributed by atoms with Crippen molar-refractivity contribution >= 4 is 29.1 Å². The van der Waals surface area contributed by atoms with Gasteiger partial charge in [0.25, 0.3) is 5.91 Å². The molecule has 0 fully saturated rings. The van der Waals surface area contributed by atoms with E-state index in [4.69, 9.17) is 27.9 Å². The van der Waals surface area contributed by atoms with Crippen LogP contribution in [0.3, 0.4) is 0 Å². The van der Waals surface area contributed by atoms with Crippen molar-refractivity contribution in [3.8, 4) is 5.75 Å². The van der Waals surface area contributed by atoms with Crippen molar-refractivity contribution in [2.24, 2.45) is 0 Å². The Balaban J connectivity index is 2.60. The third-order valence-electron chi connectivity index (χ3n) is 2.63. The van der Waals surface area contributed by atoms with Gasteiger partial charge in [0.05, 0.1) is 10.0 Å². The lowest BCUT2D eigenvalue weighted by Gasteiger charge is -2.22. The molecular formula is C13H18Cl2N2O2. The normalized spacial score (nSPS) is 12.1. The number of likely N-dealkylation sites (N-methyl/N-ethyl adjacent to an activating group) is 2. The maximum atomic E-state index is 12.0. The summed E-state index contributed by atoms with van der Waals surface area (Å²) in [5.74, 6) is 0.443. The zero-order valence-electron chi connectivity index (χ0n) is 11.2. The number of benzene rings is 1. The molecule has 0 bridgehead atoms. The zero-order chi connectivity index (χ0) is 14.4. The van der Waals surface area contributed by atoms with Gasteiger partial charge in [-0.15, -0.1) is 0 Å². The topological polar surface area (TPSA) is 41.6 Å². The van der Waals surface area contributed by atoms with E-state index < -0.39 is 6.10 Å². The van der Waals surface area contributed by atoms with Crippen LogP contribution in [0.15, 0.2) is 18.2 Å². The molecule has 0 radical (unpaired) electrons. The fourth-order valence-electron chi connectivity index (χ4n) is 1.50. The quantitative estimate of drug-likeness (QED) is 0.878. The lowest BCUT2D eigenvalue weighted by molar-refractivity contribution is -0.136. The number of nitrogens with zero attached hydrogens (tertiary/aromatic N) is 1. The summed E-state index contributed by atoms with van der Waals surface area (Å²) in [6, 6.07) is 4.92. The molecule has 19 heavy (non-hydrogen) atoms. The van der Waals surface area contributed by atoms with E-state index in [2.05, 4.69) is 5.32 Å². The summed E-state index contributed by atoms with van der Waals surface area (Å²) >= 11 is 11.7. The van der Waals surface area contributed by atoms with Gasteiger partial charge in [-0.05, 0) is 26.1 Å². The van der Waals surface area contributed by atoms with Crippen molar-refractivity contribution in [2.45, 2.75) is 13.0 Å². The molecule has 0 aliphatic heterocycles. The van der Waals surface area contributed by atoms with Gasteiger partial charge < -0.3 is 15.0 Å². The van der Waals surface area contributed by atoms with Gasteiger partial charge in [0.2, 0.25) is 0 Å². The van der Waals surface area contributed by atoms with Crippen molar-refractivity contribution in [1.82, 2.24) is 10.2 Å². The molecule has 1 amide bonds. The van der Waals surface area contributed by atoms with Crippen LogP contribution in [0.1, 0.15) is 6.92 Å². The van der Waals surface area contributed by atoms with Crippen molar-refractivity contribution in [2.75, 3.05) is 27.2 Å². The highest BCUT2D eigenvalue weighted by atomic mass is 35.5. The molecule has 1 rings (SSSR count). The van der Waals surface area contributed by atoms with Gasteiger partial charge >= 0.3 is 0 Å². The molecule has 0 saturated carbocycles. The number of carbonyl (C=O) groups excluding carboxylic acids is 1. The van der Waals surface area contributed by atoms with E-state index in [1.807, 2.05) is 7.05 Å². The maximum absolute atomic E-state index is 12.0. The molecule has 0 heterocycles. The van der Waals surface area contributed by atoms with Gasteiger partial charge in [0, 0.05) is 26.2 Å². The molecule has 0 aliphatic rings. The van der Waals surface area contributed by atoms with E-state index in [0.717, 1.165) is 6.54 Å². The summed E-state index contributed by atoms with van der Waals surface area (Å²) < 4.78 is 5.56. The van der Waals surface area contributed by atoms with Crippen molar-refractivity contribution in [3.05, 3.63) is 28.2 Å². The highest BCUT2D eigenvalue weighted by Crippen LogP contribution is 2.26. The van der Waals surface area contributed by atoms with Crippen LogP contribution < -0.4 is 10.1 Å². The molecule has 0 aromatic heterocycles. The van der Waals surface area contributed by atoms with Gasteiger partial charge in [0.1, 0.15) is 5.75 Å². The van der Waals surface area contributed by atoms with E-state index in [1.165, 1.54) is 0 Å². The molecule has 4 nitrogen and oxygen atoms in total. The summed E-state index contributed by atoms with van der Waals surface area (Å²) in [5.41, 5.74) is 0. The second-order valence-electron chi connectivity index (χ2n) is 4.20. The van der Waals surface area contributed by atoms with Gasteiger partial charge in [-0.25, -0.2) is 0 Å². The Hall–Kier alpha value is -0.970. The monoisotopic (exact) mass is 304 g/mol. The lowest BCUT2D eigenvalue weighted by atomic mass is 10.3. The predicted molar refractivity (Wildman–Crippen MR) is 78.1 cm³/mol. The van der Waals surface area contributed by atoms with Gasteiger partial charge in [-0.2, -0.15) is 0 Å². The smallest absolute Gasteiger partial charge is 0.263 e. The van der Waals surface area contributed by atoms with Gasteiger partial charge in [-0.3, -0.25) is 4.79 Å². The van der Waals surface area contributed by atoms with Crippen LogP contribution in [0.25, 0.3) is 0 Å². The molecule has 0 saturated heterocycles. The van der Waals surface area contributed by atoms with Gasteiger partial charge in [-0.1, -0.05) is 23.2 Å². The Kier molecular flexibility index (Phi) is 6.42. The largest absolute Gasteiger partial charge is 0.481 e. The van der Waals surface area contributed by atoms with E-state index in [0.29, 0.717) is 22.3 Å². The molecule has 1 atom stereocenters. The zero-order valence-corrected chi connectivity index (χ0v) is 12.8. The van der Waals surface area contributed by atoms with Crippen molar-refractivity contribution in [1.29, 1.82) is 0 Å². The number of carbonyl (C=O) groups is 1. The molecule has 0 aliphatic carbocycles. The third-order valence-corrected chi connectivity index (χ3v) is 3.36. The Morgan fingerprint density at radius 2 is 2.11 bits per heavy atom. The molecule has 1 aromatic rings. The Morgan fingerprint density at radius 1 is 1.42 bits per heavy atom. The average molecular weight is 305 g/mol. The molecule has 6 heteroatoms. The highest BCUT2D eigenvalue weighted by molar-refractivity contribution is 6.42. The number of hydrogen-bond donors (Lipinski definition) is 1. The van der Waals surface area contributed by atoms with Crippen LogP contribution >= 0.6 is 23.2 Å². The average Bonchev–Trinajstić information content (AvgIpc) is 2.39. The number of nitrogens with one attached hydrogen (secondary N) is 1. The molecule has 106 valence electrons. The first-order valence-electron chi connectivity index (χ1n) is 5.97. The number of rotatable bonds is 6. The SMILES string of the molecule is CNCCN(C)C(=O)C(C)Oc1ccc(Cl)c(Cl)c1. The van der Waals surface area contributed by atoms with E-state index in [-0.39, 0.29) is 5.91 Å². The van der Waals surface area contributed by atoms with Crippen molar-refractivity contribution in [3.63, 3.8) is 0 Å². The third kappa shape index (κ3) is 4.90. The first-order chi connectivity index (χ1) is 8.95.